The van der Waals surface area contributed by atoms with Crippen molar-refractivity contribution in [3.8, 4) is 0 Å². The van der Waals surface area contributed by atoms with Gasteiger partial charge in [-0.05, 0) is 51.0 Å². The summed E-state index contributed by atoms with van der Waals surface area (Å²) in [7, 11) is 1.66. The summed E-state index contributed by atoms with van der Waals surface area (Å²) in [5, 5.41) is 9.05. The molecule has 1 aromatic heterocycles. The molecule has 1 aromatic carbocycles. The van der Waals surface area contributed by atoms with Gasteiger partial charge in [0.15, 0.2) is 0 Å². The van der Waals surface area contributed by atoms with Gasteiger partial charge in [-0.2, -0.15) is 0 Å². The fraction of sp³-hybridized carbons (Fsp3) is 0.412. The van der Waals surface area contributed by atoms with Crippen molar-refractivity contribution in [1.82, 2.24) is 15.1 Å². The highest BCUT2D eigenvalue weighted by atomic mass is 16.2. The average Bonchev–Trinajstić information content (AvgIpc) is 2.73. The van der Waals surface area contributed by atoms with Crippen molar-refractivity contribution >= 4 is 11.6 Å². The van der Waals surface area contributed by atoms with E-state index >= 15 is 0 Å². The van der Waals surface area contributed by atoms with Crippen LogP contribution in [0.15, 0.2) is 16.9 Å². The summed E-state index contributed by atoms with van der Waals surface area (Å²) in [5.41, 5.74) is 4.76. The van der Waals surface area contributed by atoms with Crippen LogP contribution in [0.2, 0.25) is 0 Å². The Morgan fingerprint density at radius 2 is 1.96 bits per heavy atom. The Morgan fingerprint density at radius 1 is 1.26 bits per heavy atom. The van der Waals surface area contributed by atoms with Gasteiger partial charge in [0.2, 0.25) is 0 Å². The van der Waals surface area contributed by atoms with Crippen LogP contribution in [-0.4, -0.2) is 22.2 Å². The van der Waals surface area contributed by atoms with Gasteiger partial charge >= 0.3 is 0 Å². The molecule has 0 aliphatic rings. The smallest absolute Gasteiger partial charge is 0.271 e. The van der Waals surface area contributed by atoms with Gasteiger partial charge in [0.25, 0.3) is 11.5 Å². The van der Waals surface area contributed by atoms with Crippen LogP contribution in [0.25, 0.3) is 0 Å². The molecule has 0 radical (unpaired) electrons. The summed E-state index contributed by atoms with van der Waals surface area (Å²) in [6.45, 7) is 8.74. The maximum absolute atomic E-state index is 12.5. The molecule has 0 unspecified atom stereocenters. The minimum atomic E-state index is -0.173. The van der Waals surface area contributed by atoms with Crippen LogP contribution in [0, 0.1) is 20.8 Å². The van der Waals surface area contributed by atoms with Gasteiger partial charge in [-0.25, -0.2) is 0 Å². The van der Waals surface area contributed by atoms with Crippen LogP contribution in [0.5, 0.6) is 0 Å². The third kappa shape index (κ3) is 3.47. The van der Waals surface area contributed by atoms with E-state index < -0.39 is 0 Å². The number of aryl methyl sites for hydroxylation is 3. The third-order valence-corrected chi connectivity index (χ3v) is 3.94. The highest BCUT2D eigenvalue weighted by molar-refractivity contribution is 5.97. The molecule has 2 rings (SSSR count). The van der Waals surface area contributed by atoms with Crippen molar-refractivity contribution in [3.63, 3.8) is 0 Å². The lowest BCUT2D eigenvalue weighted by molar-refractivity contribution is 0.0950. The quantitative estimate of drug-likeness (QED) is 0.789. The molecule has 6 heteroatoms. The number of aromatic amines is 1. The van der Waals surface area contributed by atoms with Gasteiger partial charge in [0.1, 0.15) is 0 Å². The first-order chi connectivity index (χ1) is 10.8. The number of carbonyl (C=O) groups is 1. The lowest BCUT2D eigenvalue weighted by Gasteiger charge is -2.14. The molecule has 0 bridgehead atoms. The van der Waals surface area contributed by atoms with E-state index in [2.05, 4.69) is 15.7 Å². The van der Waals surface area contributed by atoms with E-state index in [9.17, 15) is 9.59 Å². The van der Waals surface area contributed by atoms with E-state index in [1.165, 1.54) is 4.68 Å². The highest BCUT2D eigenvalue weighted by Gasteiger charge is 2.15. The van der Waals surface area contributed by atoms with E-state index in [0.29, 0.717) is 11.1 Å². The predicted octanol–water partition coefficient (Wildman–Crippen LogP) is 2.00. The predicted molar refractivity (Wildman–Crippen MR) is 92.0 cm³/mol. The number of H-pyrrole nitrogens is 1. The molecule has 0 fully saturated rings. The summed E-state index contributed by atoms with van der Waals surface area (Å²) >= 11 is 0. The molecular formula is C17H24N4O2. The fourth-order valence-electron chi connectivity index (χ4n) is 2.67. The first-order valence-corrected chi connectivity index (χ1v) is 7.73. The normalized spacial score (nSPS) is 10.7. The van der Waals surface area contributed by atoms with Gasteiger partial charge < -0.3 is 10.6 Å². The molecule has 0 atom stereocenters. The van der Waals surface area contributed by atoms with Crippen LogP contribution in [0.3, 0.4) is 0 Å². The molecule has 0 saturated heterocycles. The number of aromatic nitrogens is 2. The summed E-state index contributed by atoms with van der Waals surface area (Å²) in [6, 6.07) is 3.90. The number of nitrogens with one attached hydrogen (secondary N) is 3. The lowest BCUT2D eigenvalue weighted by atomic mass is 10.0. The van der Waals surface area contributed by atoms with E-state index in [1.807, 2.05) is 39.8 Å². The standard InChI is InChI=1S/C17H24N4O2/c1-6-18-15-8-10(2)7-13(11(15)3)16(22)19-9-14-12(4)20-21(5)17(14)23/h7-8,18,20H,6,9H2,1-5H3,(H,19,22). The van der Waals surface area contributed by atoms with Gasteiger partial charge in [-0.3, -0.25) is 19.4 Å². The van der Waals surface area contributed by atoms with Crippen LogP contribution >= 0.6 is 0 Å². The number of amides is 1. The summed E-state index contributed by atoms with van der Waals surface area (Å²) in [4.78, 5) is 24.5. The minimum Gasteiger partial charge on any atom is -0.385 e. The third-order valence-electron chi connectivity index (χ3n) is 3.94. The highest BCUT2D eigenvalue weighted by Crippen LogP contribution is 2.21. The molecule has 124 valence electrons. The summed E-state index contributed by atoms with van der Waals surface area (Å²) < 4.78 is 1.41. The molecule has 3 N–H and O–H groups in total. The molecule has 2 aromatic rings. The van der Waals surface area contributed by atoms with Crippen molar-refractivity contribution in [1.29, 1.82) is 0 Å². The maximum Gasteiger partial charge on any atom is 0.271 e. The van der Waals surface area contributed by atoms with Crippen molar-refractivity contribution in [2.45, 2.75) is 34.2 Å². The molecular weight excluding hydrogens is 292 g/mol. The van der Waals surface area contributed by atoms with Crippen LogP contribution < -0.4 is 16.2 Å². The zero-order valence-corrected chi connectivity index (χ0v) is 14.3. The van der Waals surface area contributed by atoms with Crippen LogP contribution in [-0.2, 0) is 13.6 Å². The Balaban J connectivity index is 2.23. The number of hydrogen-bond acceptors (Lipinski definition) is 3. The molecule has 6 nitrogen and oxygen atoms in total. The number of anilines is 1. The van der Waals surface area contributed by atoms with Crippen LogP contribution in [0.1, 0.15) is 39.7 Å². The molecule has 0 aliphatic heterocycles. The molecule has 1 heterocycles. The molecule has 0 saturated carbocycles. The Bertz CT molecular complexity index is 787. The molecule has 1 amide bonds. The van der Waals surface area contributed by atoms with Gasteiger partial charge in [0, 0.05) is 30.5 Å². The van der Waals surface area contributed by atoms with E-state index in [0.717, 1.165) is 29.1 Å². The Kier molecular flexibility index (Phi) is 4.93. The van der Waals surface area contributed by atoms with E-state index in [-0.39, 0.29) is 18.0 Å². The number of rotatable bonds is 5. The Hall–Kier alpha value is -2.50. The van der Waals surface area contributed by atoms with Crippen molar-refractivity contribution in [2.24, 2.45) is 7.05 Å². The van der Waals surface area contributed by atoms with Crippen molar-refractivity contribution in [3.05, 3.63) is 50.4 Å². The summed E-state index contributed by atoms with van der Waals surface area (Å²) in [6.07, 6.45) is 0. The number of hydrogen-bond donors (Lipinski definition) is 3. The monoisotopic (exact) mass is 316 g/mol. The molecule has 0 spiro atoms. The second-order valence-electron chi connectivity index (χ2n) is 5.78. The van der Waals surface area contributed by atoms with Crippen molar-refractivity contribution in [2.75, 3.05) is 11.9 Å². The van der Waals surface area contributed by atoms with Gasteiger partial charge in [-0.15, -0.1) is 0 Å². The SMILES string of the molecule is CCNc1cc(C)cc(C(=O)NCc2c(C)[nH]n(C)c2=O)c1C. The number of carbonyl (C=O) groups excluding carboxylic acids is 1. The van der Waals surface area contributed by atoms with E-state index in [1.54, 1.807) is 7.05 Å². The average molecular weight is 316 g/mol. The second-order valence-corrected chi connectivity index (χ2v) is 5.78. The Labute approximate surface area is 135 Å². The topological polar surface area (TPSA) is 78.9 Å². The zero-order chi connectivity index (χ0) is 17.1. The first-order valence-electron chi connectivity index (χ1n) is 7.73. The van der Waals surface area contributed by atoms with Crippen molar-refractivity contribution < 1.29 is 4.79 Å². The zero-order valence-electron chi connectivity index (χ0n) is 14.3. The number of benzene rings is 1. The largest absolute Gasteiger partial charge is 0.385 e. The van der Waals surface area contributed by atoms with Gasteiger partial charge in [0.05, 0.1) is 12.1 Å². The lowest BCUT2D eigenvalue weighted by Crippen LogP contribution is -2.27. The van der Waals surface area contributed by atoms with Gasteiger partial charge in [-0.1, -0.05) is 0 Å². The van der Waals surface area contributed by atoms with Crippen LogP contribution in [0.4, 0.5) is 5.69 Å². The minimum absolute atomic E-state index is 0.114. The first kappa shape index (κ1) is 16.9. The Morgan fingerprint density at radius 3 is 2.52 bits per heavy atom. The molecule has 23 heavy (non-hydrogen) atoms. The fourth-order valence-corrected chi connectivity index (χ4v) is 2.67. The van der Waals surface area contributed by atoms with E-state index in [4.69, 9.17) is 0 Å². The maximum atomic E-state index is 12.5. The second kappa shape index (κ2) is 6.73. The number of nitrogens with zero attached hydrogens (tertiary/aromatic N) is 1. The summed E-state index contributed by atoms with van der Waals surface area (Å²) in [5.74, 6) is -0.173. The molecule has 0 aliphatic carbocycles.